The van der Waals surface area contributed by atoms with Gasteiger partial charge < -0.3 is 5.32 Å². The first kappa shape index (κ1) is 13.5. The standard InChI is InChI=1S/C14H15F2N3/c1-2-6-19-14(12-9-17-7-8-18-12)10-4-3-5-11(15)13(10)16/h3-5,7-9,14,19H,2,6H2,1H3. The van der Waals surface area contributed by atoms with Crippen LogP contribution in [-0.4, -0.2) is 16.5 Å². The van der Waals surface area contributed by atoms with Crippen molar-refractivity contribution < 1.29 is 8.78 Å². The lowest BCUT2D eigenvalue weighted by Gasteiger charge is -2.18. The number of aromatic nitrogens is 2. The predicted octanol–water partition coefficient (Wildman–Crippen LogP) is 2.84. The Morgan fingerprint density at radius 1 is 1.26 bits per heavy atom. The molecule has 0 radical (unpaired) electrons. The normalized spacial score (nSPS) is 12.4. The zero-order chi connectivity index (χ0) is 13.7. The van der Waals surface area contributed by atoms with Gasteiger partial charge in [0, 0.05) is 18.0 Å². The molecule has 2 rings (SSSR count). The van der Waals surface area contributed by atoms with Gasteiger partial charge in [-0.2, -0.15) is 0 Å². The second-order valence-electron chi connectivity index (χ2n) is 4.16. The van der Waals surface area contributed by atoms with Gasteiger partial charge >= 0.3 is 0 Å². The van der Waals surface area contributed by atoms with Crippen molar-refractivity contribution in [1.29, 1.82) is 0 Å². The van der Waals surface area contributed by atoms with Crippen molar-refractivity contribution >= 4 is 0 Å². The van der Waals surface area contributed by atoms with Gasteiger partial charge in [-0.3, -0.25) is 9.97 Å². The smallest absolute Gasteiger partial charge is 0.163 e. The Balaban J connectivity index is 2.40. The third-order valence-corrected chi connectivity index (χ3v) is 2.77. The minimum Gasteiger partial charge on any atom is -0.305 e. The first-order valence-corrected chi connectivity index (χ1v) is 6.17. The molecule has 1 aromatic heterocycles. The van der Waals surface area contributed by atoms with Crippen LogP contribution in [0.2, 0.25) is 0 Å². The van der Waals surface area contributed by atoms with Crippen molar-refractivity contribution in [2.45, 2.75) is 19.4 Å². The topological polar surface area (TPSA) is 37.8 Å². The van der Waals surface area contributed by atoms with E-state index in [1.807, 2.05) is 6.92 Å². The first-order valence-electron chi connectivity index (χ1n) is 6.17. The van der Waals surface area contributed by atoms with Crippen LogP contribution in [0.1, 0.15) is 30.6 Å². The quantitative estimate of drug-likeness (QED) is 0.901. The van der Waals surface area contributed by atoms with E-state index in [1.54, 1.807) is 18.5 Å². The summed E-state index contributed by atoms with van der Waals surface area (Å²) < 4.78 is 27.2. The number of nitrogens with one attached hydrogen (secondary N) is 1. The van der Waals surface area contributed by atoms with Crippen LogP contribution in [0.25, 0.3) is 0 Å². The molecule has 0 amide bonds. The highest BCUT2D eigenvalue weighted by atomic mass is 19.2. The lowest BCUT2D eigenvalue weighted by molar-refractivity contribution is 0.477. The zero-order valence-electron chi connectivity index (χ0n) is 10.6. The third kappa shape index (κ3) is 3.12. The summed E-state index contributed by atoms with van der Waals surface area (Å²) in [6, 6.07) is 3.65. The molecule has 0 spiro atoms. The Morgan fingerprint density at radius 3 is 2.79 bits per heavy atom. The lowest BCUT2D eigenvalue weighted by Crippen LogP contribution is -2.25. The van der Waals surface area contributed by atoms with Crippen LogP contribution in [-0.2, 0) is 0 Å². The van der Waals surface area contributed by atoms with Gasteiger partial charge in [0.1, 0.15) is 0 Å². The van der Waals surface area contributed by atoms with Gasteiger partial charge in [0.2, 0.25) is 0 Å². The summed E-state index contributed by atoms with van der Waals surface area (Å²) >= 11 is 0. The molecule has 3 nitrogen and oxygen atoms in total. The number of halogens is 2. The number of hydrogen-bond acceptors (Lipinski definition) is 3. The average molecular weight is 263 g/mol. The summed E-state index contributed by atoms with van der Waals surface area (Å²) in [5, 5.41) is 3.16. The van der Waals surface area contributed by atoms with Crippen LogP contribution >= 0.6 is 0 Å². The van der Waals surface area contributed by atoms with Gasteiger partial charge in [0.05, 0.1) is 17.9 Å². The van der Waals surface area contributed by atoms with Gasteiger partial charge in [-0.05, 0) is 19.0 Å². The molecule has 100 valence electrons. The average Bonchev–Trinajstić information content (AvgIpc) is 2.45. The molecule has 2 aromatic rings. The van der Waals surface area contributed by atoms with Crippen LogP contribution in [0.5, 0.6) is 0 Å². The predicted molar refractivity (Wildman–Crippen MR) is 68.5 cm³/mol. The number of benzene rings is 1. The van der Waals surface area contributed by atoms with Gasteiger partial charge in [-0.1, -0.05) is 19.1 Å². The van der Waals surface area contributed by atoms with Gasteiger partial charge in [0.15, 0.2) is 11.6 Å². The third-order valence-electron chi connectivity index (χ3n) is 2.77. The van der Waals surface area contributed by atoms with Crippen molar-refractivity contribution in [2.75, 3.05) is 6.54 Å². The molecule has 1 unspecified atom stereocenters. The molecule has 0 aliphatic carbocycles. The number of rotatable bonds is 5. The molecule has 0 saturated carbocycles. The van der Waals surface area contributed by atoms with Crippen LogP contribution in [0.15, 0.2) is 36.8 Å². The molecular weight excluding hydrogens is 248 g/mol. The molecule has 1 N–H and O–H groups in total. The van der Waals surface area contributed by atoms with Crippen LogP contribution in [0, 0.1) is 11.6 Å². The monoisotopic (exact) mass is 263 g/mol. The second kappa shape index (κ2) is 6.33. The lowest BCUT2D eigenvalue weighted by atomic mass is 10.0. The van der Waals surface area contributed by atoms with E-state index < -0.39 is 17.7 Å². The molecular formula is C14H15F2N3. The fourth-order valence-electron chi connectivity index (χ4n) is 1.87. The van der Waals surface area contributed by atoms with Crippen LogP contribution in [0.4, 0.5) is 8.78 Å². The Bertz CT molecular complexity index is 531. The minimum atomic E-state index is -0.857. The molecule has 0 bridgehead atoms. The maximum atomic E-state index is 13.9. The Kier molecular flexibility index (Phi) is 4.52. The zero-order valence-corrected chi connectivity index (χ0v) is 10.6. The van der Waals surface area contributed by atoms with E-state index in [0.29, 0.717) is 12.2 Å². The summed E-state index contributed by atoms with van der Waals surface area (Å²) in [5.41, 5.74) is 0.814. The van der Waals surface area contributed by atoms with Gasteiger partial charge in [-0.25, -0.2) is 8.78 Å². The molecule has 1 heterocycles. The largest absolute Gasteiger partial charge is 0.305 e. The van der Waals surface area contributed by atoms with Gasteiger partial charge in [-0.15, -0.1) is 0 Å². The highest BCUT2D eigenvalue weighted by molar-refractivity contribution is 5.28. The summed E-state index contributed by atoms with van der Waals surface area (Å²) in [5.74, 6) is -1.70. The highest BCUT2D eigenvalue weighted by Crippen LogP contribution is 2.24. The summed E-state index contributed by atoms with van der Waals surface area (Å²) in [7, 11) is 0. The SMILES string of the molecule is CCCNC(c1cnccn1)c1cccc(F)c1F. The molecule has 5 heteroatoms. The summed E-state index contributed by atoms with van der Waals surface area (Å²) in [6.45, 7) is 2.68. The second-order valence-corrected chi connectivity index (χ2v) is 4.16. The van der Waals surface area contributed by atoms with Crippen molar-refractivity contribution in [1.82, 2.24) is 15.3 Å². The van der Waals surface area contributed by atoms with E-state index in [9.17, 15) is 8.78 Å². The van der Waals surface area contributed by atoms with E-state index in [0.717, 1.165) is 12.5 Å². The molecule has 0 aliphatic heterocycles. The van der Waals surface area contributed by atoms with E-state index >= 15 is 0 Å². The van der Waals surface area contributed by atoms with E-state index in [-0.39, 0.29) is 5.56 Å². The Hall–Kier alpha value is -1.88. The molecule has 0 aliphatic rings. The molecule has 1 aromatic carbocycles. The fourth-order valence-corrected chi connectivity index (χ4v) is 1.87. The minimum absolute atomic E-state index is 0.244. The molecule has 1 atom stereocenters. The highest BCUT2D eigenvalue weighted by Gasteiger charge is 2.20. The fraction of sp³-hybridized carbons (Fsp3) is 0.286. The number of nitrogens with zero attached hydrogens (tertiary/aromatic N) is 2. The number of hydrogen-bond donors (Lipinski definition) is 1. The van der Waals surface area contributed by atoms with Crippen molar-refractivity contribution in [2.24, 2.45) is 0 Å². The van der Waals surface area contributed by atoms with Gasteiger partial charge in [0.25, 0.3) is 0 Å². The molecule has 0 saturated heterocycles. The van der Waals surface area contributed by atoms with Crippen LogP contribution in [0.3, 0.4) is 0 Å². The Morgan fingerprint density at radius 2 is 2.11 bits per heavy atom. The van der Waals surface area contributed by atoms with E-state index in [2.05, 4.69) is 15.3 Å². The van der Waals surface area contributed by atoms with Crippen molar-refractivity contribution in [3.05, 3.63) is 59.7 Å². The molecule has 19 heavy (non-hydrogen) atoms. The first-order chi connectivity index (χ1) is 9.24. The maximum absolute atomic E-state index is 13.9. The maximum Gasteiger partial charge on any atom is 0.163 e. The Labute approximate surface area is 110 Å². The molecule has 0 fully saturated rings. The summed E-state index contributed by atoms with van der Waals surface area (Å²) in [4.78, 5) is 8.14. The van der Waals surface area contributed by atoms with Crippen molar-refractivity contribution in [3.63, 3.8) is 0 Å². The van der Waals surface area contributed by atoms with E-state index in [1.165, 1.54) is 12.3 Å². The van der Waals surface area contributed by atoms with Crippen molar-refractivity contribution in [3.8, 4) is 0 Å². The summed E-state index contributed by atoms with van der Waals surface area (Å²) in [6.07, 6.45) is 5.51. The van der Waals surface area contributed by atoms with Crippen LogP contribution < -0.4 is 5.32 Å². The van der Waals surface area contributed by atoms with E-state index in [4.69, 9.17) is 0 Å².